The van der Waals surface area contributed by atoms with Crippen molar-refractivity contribution < 1.29 is 14.3 Å². The normalized spacial score (nSPS) is 16.0. The van der Waals surface area contributed by atoms with E-state index in [-0.39, 0.29) is 23.6 Å². The Kier molecular flexibility index (Phi) is 9.41. The van der Waals surface area contributed by atoms with E-state index in [0.717, 1.165) is 12.2 Å². The van der Waals surface area contributed by atoms with Gasteiger partial charge < -0.3 is 19.9 Å². The first-order valence-electron chi connectivity index (χ1n) is 11.4. The molecule has 0 bridgehead atoms. The molecule has 1 saturated heterocycles. The number of hydrogen-bond donors (Lipinski definition) is 1. The van der Waals surface area contributed by atoms with Crippen molar-refractivity contribution in [3.8, 4) is 5.75 Å². The molecule has 10 heteroatoms. The third-order valence-electron chi connectivity index (χ3n) is 5.59. The van der Waals surface area contributed by atoms with Crippen LogP contribution in [0.3, 0.4) is 0 Å². The standard InChI is InChI=1S/C24H32ClN5O3S/c1-16(2)9-10-26-22(31)15-34-24-27-20(25)13-21(28-24)29-11-12-30(17(3)14-29)23(32)18-5-7-19(33-4)8-6-18/h5-8,13,16-17H,9-12,14-15H2,1-4H3,(H,26,31). The van der Waals surface area contributed by atoms with Crippen LogP contribution in [0.5, 0.6) is 5.75 Å². The smallest absolute Gasteiger partial charge is 0.254 e. The summed E-state index contributed by atoms with van der Waals surface area (Å²) >= 11 is 7.52. The summed E-state index contributed by atoms with van der Waals surface area (Å²) in [6.07, 6.45) is 0.944. The Balaban J connectivity index is 1.59. The molecule has 1 aromatic heterocycles. The Bertz CT molecular complexity index is 989. The SMILES string of the molecule is COc1ccc(C(=O)N2CCN(c3cc(Cl)nc(SCC(=O)NCCC(C)C)n3)CC2C)cc1. The van der Waals surface area contributed by atoms with E-state index < -0.39 is 0 Å². The number of amides is 2. The number of thioether (sulfide) groups is 1. The lowest BCUT2D eigenvalue weighted by atomic mass is 10.1. The highest BCUT2D eigenvalue weighted by molar-refractivity contribution is 7.99. The number of nitrogens with one attached hydrogen (secondary N) is 1. The predicted molar refractivity (Wildman–Crippen MR) is 136 cm³/mol. The van der Waals surface area contributed by atoms with Crippen LogP contribution < -0.4 is 15.0 Å². The average molecular weight is 506 g/mol. The zero-order valence-corrected chi connectivity index (χ0v) is 21.7. The summed E-state index contributed by atoms with van der Waals surface area (Å²) in [4.78, 5) is 37.9. The van der Waals surface area contributed by atoms with Gasteiger partial charge in [-0.3, -0.25) is 9.59 Å². The van der Waals surface area contributed by atoms with Crippen molar-refractivity contribution in [3.63, 3.8) is 0 Å². The molecule has 2 aromatic rings. The number of ether oxygens (including phenoxy) is 1. The van der Waals surface area contributed by atoms with Gasteiger partial charge in [0.15, 0.2) is 5.16 Å². The first-order valence-corrected chi connectivity index (χ1v) is 12.8. The summed E-state index contributed by atoms with van der Waals surface area (Å²) in [5, 5.41) is 3.71. The Morgan fingerprint density at radius 2 is 1.97 bits per heavy atom. The summed E-state index contributed by atoms with van der Waals surface area (Å²) in [6.45, 7) is 8.74. The monoisotopic (exact) mass is 505 g/mol. The first-order chi connectivity index (χ1) is 16.3. The molecule has 0 radical (unpaired) electrons. The maximum absolute atomic E-state index is 13.0. The number of aromatic nitrogens is 2. The molecule has 1 aromatic carbocycles. The van der Waals surface area contributed by atoms with E-state index >= 15 is 0 Å². The molecule has 1 N–H and O–H groups in total. The lowest BCUT2D eigenvalue weighted by Crippen LogP contribution is -2.54. The van der Waals surface area contributed by atoms with Crippen LogP contribution in [0.4, 0.5) is 5.82 Å². The molecule has 184 valence electrons. The van der Waals surface area contributed by atoms with Gasteiger partial charge >= 0.3 is 0 Å². The number of piperazine rings is 1. The second-order valence-corrected chi connectivity index (χ2v) is 10.0. The third-order valence-corrected chi connectivity index (χ3v) is 6.63. The molecule has 8 nitrogen and oxygen atoms in total. The fourth-order valence-electron chi connectivity index (χ4n) is 3.66. The van der Waals surface area contributed by atoms with E-state index in [9.17, 15) is 9.59 Å². The number of carbonyl (C=O) groups excluding carboxylic acids is 2. The molecule has 1 aliphatic rings. The molecule has 1 aliphatic heterocycles. The van der Waals surface area contributed by atoms with Gasteiger partial charge in [-0.2, -0.15) is 0 Å². The summed E-state index contributed by atoms with van der Waals surface area (Å²) < 4.78 is 5.18. The van der Waals surface area contributed by atoms with Crippen LogP contribution in [-0.4, -0.2) is 71.8 Å². The van der Waals surface area contributed by atoms with Gasteiger partial charge in [-0.15, -0.1) is 0 Å². The average Bonchev–Trinajstić information content (AvgIpc) is 2.82. The highest BCUT2D eigenvalue weighted by atomic mass is 35.5. The lowest BCUT2D eigenvalue weighted by molar-refractivity contribution is -0.118. The molecule has 2 heterocycles. The minimum Gasteiger partial charge on any atom is -0.497 e. The number of halogens is 1. The zero-order valence-electron chi connectivity index (χ0n) is 20.1. The molecule has 34 heavy (non-hydrogen) atoms. The van der Waals surface area contributed by atoms with E-state index in [1.807, 2.05) is 11.8 Å². The summed E-state index contributed by atoms with van der Waals surface area (Å²) in [5.41, 5.74) is 0.636. The molecule has 1 atom stereocenters. The van der Waals surface area contributed by atoms with Gasteiger partial charge in [-0.05, 0) is 43.5 Å². The molecule has 2 amide bonds. The van der Waals surface area contributed by atoms with Crippen LogP contribution in [0.25, 0.3) is 0 Å². The minimum atomic E-state index is -0.0462. The van der Waals surface area contributed by atoms with E-state index in [1.54, 1.807) is 37.4 Å². The Labute approximate surface area is 210 Å². The molecule has 1 unspecified atom stereocenters. The number of benzene rings is 1. The van der Waals surface area contributed by atoms with Crippen molar-refractivity contribution in [1.82, 2.24) is 20.2 Å². The van der Waals surface area contributed by atoms with Crippen LogP contribution in [0, 0.1) is 5.92 Å². The van der Waals surface area contributed by atoms with Gasteiger partial charge in [0.05, 0.1) is 12.9 Å². The van der Waals surface area contributed by atoms with Crippen LogP contribution in [0.1, 0.15) is 37.6 Å². The fourth-order valence-corrected chi connectivity index (χ4v) is 4.57. The van der Waals surface area contributed by atoms with E-state index in [4.69, 9.17) is 16.3 Å². The predicted octanol–water partition coefficient (Wildman–Crippen LogP) is 3.74. The van der Waals surface area contributed by atoms with Gasteiger partial charge in [-0.1, -0.05) is 37.2 Å². The van der Waals surface area contributed by atoms with Gasteiger partial charge in [-0.25, -0.2) is 9.97 Å². The van der Waals surface area contributed by atoms with Crippen molar-refractivity contribution in [2.75, 3.05) is 43.9 Å². The largest absolute Gasteiger partial charge is 0.497 e. The van der Waals surface area contributed by atoms with Crippen molar-refractivity contribution in [2.45, 2.75) is 38.4 Å². The van der Waals surface area contributed by atoms with E-state index in [1.165, 1.54) is 11.8 Å². The molecule has 0 saturated carbocycles. The van der Waals surface area contributed by atoms with Crippen molar-refractivity contribution in [1.29, 1.82) is 0 Å². The van der Waals surface area contributed by atoms with Crippen LogP contribution in [0.15, 0.2) is 35.5 Å². The fraction of sp³-hybridized carbons (Fsp3) is 0.500. The number of carbonyl (C=O) groups is 2. The maximum atomic E-state index is 13.0. The number of methoxy groups -OCH3 is 1. The molecular weight excluding hydrogens is 474 g/mol. The van der Waals surface area contributed by atoms with Gasteiger partial charge in [0.2, 0.25) is 5.91 Å². The highest BCUT2D eigenvalue weighted by Gasteiger charge is 2.29. The molecule has 3 rings (SSSR count). The highest BCUT2D eigenvalue weighted by Crippen LogP contribution is 2.25. The lowest BCUT2D eigenvalue weighted by Gasteiger charge is -2.40. The van der Waals surface area contributed by atoms with Crippen molar-refractivity contribution in [3.05, 3.63) is 41.0 Å². The zero-order chi connectivity index (χ0) is 24.7. The van der Waals surface area contributed by atoms with Gasteiger partial charge in [0, 0.05) is 43.9 Å². The van der Waals surface area contributed by atoms with Crippen LogP contribution in [0.2, 0.25) is 5.15 Å². The Hall–Kier alpha value is -2.52. The quantitative estimate of drug-likeness (QED) is 0.315. The summed E-state index contributed by atoms with van der Waals surface area (Å²) in [6, 6.07) is 8.86. The van der Waals surface area contributed by atoms with Crippen LogP contribution in [-0.2, 0) is 4.79 Å². The van der Waals surface area contributed by atoms with E-state index in [2.05, 4.69) is 34.0 Å². The third kappa shape index (κ3) is 7.24. The van der Waals surface area contributed by atoms with Crippen molar-refractivity contribution >= 4 is 41.0 Å². The van der Waals surface area contributed by atoms with Crippen LogP contribution >= 0.6 is 23.4 Å². The number of anilines is 1. The second kappa shape index (κ2) is 12.3. The number of rotatable bonds is 9. The minimum absolute atomic E-state index is 0.00440. The molecule has 0 spiro atoms. The van der Waals surface area contributed by atoms with E-state index in [0.29, 0.717) is 53.8 Å². The number of hydrogen-bond acceptors (Lipinski definition) is 7. The maximum Gasteiger partial charge on any atom is 0.254 e. The molecular formula is C24H32ClN5O3S. The second-order valence-electron chi connectivity index (χ2n) is 8.67. The molecule has 0 aliphatic carbocycles. The number of nitrogens with zero attached hydrogens (tertiary/aromatic N) is 4. The Morgan fingerprint density at radius 1 is 1.24 bits per heavy atom. The van der Waals surface area contributed by atoms with Crippen molar-refractivity contribution in [2.24, 2.45) is 5.92 Å². The van der Waals surface area contributed by atoms with Gasteiger partial charge in [0.1, 0.15) is 16.7 Å². The van der Waals surface area contributed by atoms with Gasteiger partial charge in [0.25, 0.3) is 5.91 Å². The Morgan fingerprint density at radius 3 is 2.62 bits per heavy atom. The first kappa shape index (κ1) is 26.1. The summed E-state index contributed by atoms with van der Waals surface area (Å²) in [5.74, 6) is 2.15. The molecule has 1 fully saturated rings. The summed E-state index contributed by atoms with van der Waals surface area (Å²) in [7, 11) is 1.60. The topological polar surface area (TPSA) is 87.7 Å².